The molecule has 4 aliphatic carbocycles. The zero-order chi connectivity index (χ0) is 19.6. The molecule has 0 radical (unpaired) electrons. The molecular weight excluding hydrogens is 740 g/mol. The third-order valence-corrected chi connectivity index (χ3v) is 2.34. The average Bonchev–Trinajstić information content (AvgIpc) is 3.53. The first-order chi connectivity index (χ1) is 12.8. The summed E-state index contributed by atoms with van der Waals surface area (Å²) in [6.07, 6.45) is 44.0. The van der Waals surface area contributed by atoms with E-state index in [2.05, 4.69) is 48.6 Å². The minimum Gasteiger partial charge on any atom is -1.00 e. The molecule has 4 aliphatic rings. The molecule has 30 heavy (non-hydrogen) atoms. The number of halogens is 2. The Morgan fingerprint density at radius 1 is 0.467 bits per heavy atom. The van der Waals surface area contributed by atoms with Gasteiger partial charge in [0.2, 0.25) is 0 Å². The molecule has 0 nitrogen and oxygen atoms in total. The van der Waals surface area contributed by atoms with Crippen molar-refractivity contribution in [2.45, 2.75) is 53.4 Å². The van der Waals surface area contributed by atoms with Gasteiger partial charge in [-0.3, -0.25) is 24.3 Å². The van der Waals surface area contributed by atoms with Crippen molar-refractivity contribution in [1.82, 2.24) is 0 Å². The minimum absolute atomic E-state index is 0. The van der Waals surface area contributed by atoms with Crippen molar-refractivity contribution >= 4 is 0 Å². The molecule has 0 unspecified atom stereocenters. The molecule has 4 heteroatoms. The Kier molecular flexibility index (Phi) is 69.1. The Labute approximate surface area is 237 Å². The van der Waals surface area contributed by atoms with E-state index < -0.39 is 0 Å². The topological polar surface area (TPSA) is 0 Å². The van der Waals surface area contributed by atoms with Gasteiger partial charge in [-0.2, -0.15) is 52.0 Å². The Hall–Kier alpha value is 0.240. The second-order valence-electron chi connectivity index (χ2n) is 5.17. The third kappa shape index (κ3) is 51.2. The molecule has 0 aromatic heterocycles. The molecule has 0 amide bonds. The standard InChI is InChI=1S/4C5H5.2C3H7.2ClH.2Hf/c4*1-2-4-5-3-1;2*1-3-2;;;;/h4*1-3H,4H2;2*3H,1-2H3;2*1H;;/q6*-1;;;2*+4/p-2. The van der Waals surface area contributed by atoms with Crippen molar-refractivity contribution in [2.75, 3.05) is 0 Å². The van der Waals surface area contributed by atoms with Crippen molar-refractivity contribution in [2.24, 2.45) is 0 Å². The summed E-state index contributed by atoms with van der Waals surface area (Å²) >= 11 is 0. The van der Waals surface area contributed by atoms with Crippen LogP contribution in [-0.2, 0) is 51.7 Å². The summed E-state index contributed by atoms with van der Waals surface area (Å²) in [6, 6.07) is 0. The van der Waals surface area contributed by atoms with Crippen LogP contribution in [0, 0.1) is 37.1 Å². The molecule has 0 aromatic carbocycles. The summed E-state index contributed by atoms with van der Waals surface area (Å²) < 4.78 is 0. The molecule has 0 fully saturated rings. The summed E-state index contributed by atoms with van der Waals surface area (Å²) in [7, 11) is 0. The predicted octanol–water partition coefficient (Wildman–Crippen LogP) is 1.69. The van der Waals surface area contributed by atoms with Crippen LogP contribution in [0.2, 0.25) is 0 Å². The van der Waals surface area contributed by atoms with Crippen molar-refractivity contribution in [3.8, 4) is 0 Å². The smallest absolute Gasteiger partial charge is 1.00 e. The quantitative estimate of drug-likeness (QED) is 0.260. The molecule has 0 heterocycles. The normalized spacial score (nSPS) is 12.9. The van der Waals surface area contributed by atoms with Crippen molar-refractivity contribution < 1.29 is 76.5 Å². The molecule has 0 aliphatic heterocycles. The van der Waals surface area contributed by atoms with Crippen LogP contribution in [0.1, 0.15) is 53.4 Å². The fourth-order valence-corrected chi connectivity index (χ4v) is 1.36. The van der Waals surface area contributed by atoms with E-state index in [9.17, 15) is 0 Å². The maximum Gasteiger partial charge on any atom is 4.00 e. The molecule has 0 N–H and O–H groups in total. The van der Waals surface area contributed by atoms with Gasteiger partial charge >= 0.3 is 51.7 Å². The monoisotopic (exact) mass is 776 g/mol. The summed E-state index contributed by atoms with van der Waals surface area (Å²) in [4.78, 5) is 0. The largest absolute Gasteiger partial charge is 4.00 e. The molecule has 0 bridgehead atoms. The van der Waals surface area contributed by atoms with E-state index in [1.165, 1.54) is 0 Å². The summed E-state index contributed by atoms with van der Waals surface area (Å²) in [5, 5.41) is 0. The van der Waals surface area contributed by atoms with Gasteiger partial charge in [-0.15, -0.1) is 25.7 Å². The summed E-state index contributed by atoms with van der Waals surface area (Å²) in [5.41, 5.74) is 0. The molecule has 160 valence electrons. The van der Waals surface area contributed by atoms with Crippen LogP contribution in [0.4, 0.5) is 0 Å². The average molecular weight is 774 g/mol. The Balaban J connectivity index is -0.0000000569. The van der Waals surface area contributed by atoms with Gasteiger partial charge in [-0.25, -0.2) is 48.6 Å². The zero-order valence-electron chi connectivity index (χ0n) is 18.7. The van der Waals surface area contributed by atoms with E-state index in [1.807, 2.05) is 89.1 Å². The number of rotatable bonds is 0. The van der Waals surface area contributed by atoms with Crippen molar-refractivity contribution in [3.63, 3.8) is 0 Å². The first-order valence-electron chi connectivity index (χ1n) is 9.18. The summed E-state index contributed by atoms with van der Waals surface area (Å²) in [6.45, 7) is 8.00. The second kappa shape index (κ2) is 47.1. The molecular formula is C26H34Cl2Hf2. The van der Waals surface area contributed by atoms with Gasteiger partial charge in [-0.05, 0) is 0 Å². The molecule has 0 aromatic rings. The Morgan fingerprint density at radius 3 is 0.667 bits per heavy atom. The maximum atomic E-state index is 2.99. The second-order valence-corrected chi connectivity index (χ2v) is 5.17. The van der Waals surface area contributed by atoms with E-state index >= 15 is 0 Å². The molecule has 0 spiro atoms. The van der Waals surface area contributed by atoms with Crippen LogP contribution in [0.25, 0.3) is 0 Å². The summed E-state index contributed by atoms with van der Waals surface area (Å²) in [5.74, 6) is 0. The predicted molar refractivity (Wildman–Crippen MR) is 118 cm³/mol. The first-order valence-corrected chi connectivity index (χ1v) is 9.18. The van der Waals surface area contributed by atoms with Crippen molar-refractivity contribution in [1.29, 1.82) is 0 Å². The molecule has 0 saturated carbocycles. The number of hydrogen-bond acceptors (Lipinski definition) is 0. The van der Waals surface area contributed by atoms with Crippen molar-refractivity contribution in [3.05, 3.63) is 110 Å². The van der Waals surface area contributed by atoms with Crippen LogP contribution in [0.15, 0.2) is 72.9 Å². The Bertz CT molecular complexity index is 367. The molecule has 0 saturated heterocycles. The van der Waals surface area contributed by atoms with Crippen LogP contribution >= 0.6 is 0 Å². The maximum absolute atomic E-state index is 2.99. The van der Waals surface area contributed by atoms with E-state index in [-0.39, 0.29) is 76.5 Å². The Morgan fingerprint density at radius 2 is 0.633 bits per heavy atom. The van der Waals surface area contributed by atoms with Gasteiger partial charge in [0.15, 0.2) is 0 Å². The SMILES string of the molecule is C[CH-]C.C[CH-]C.[C-]1=CC=CC1.[C-]1=CC=CC1.[C-]1=CC=CC1.[C-]1=CC=CC1.[Cl-].[Cl-].[Hf+4].[Hf+4]. The van der Waals surface area contributed by atoms with Crippen LogP contribution in [-0.4, -0.2) is 0 Å². The molecule has 0 atom stereocenters. The van der Waals surface area contributed by atoms with Crippen LogP contribution in [0.3, 0.4) is 0 Å². The zero-order valence-corrected chi connectivity index (χ0v) is 27.4. The minimum atomic E-state index is 0. The number of allylic oxidation sites excluding steroid dienone is 16. The van der Waals surface area contributed by atoms with E-state index in [4.69, 9.17) is 0 Å². The fraction of sp³-hybridized carbons (Fsp3) is 0.308. The number of hydrogen-bond donors (Lipinski definition) is 0. The van der Waals surface area contributed by atoms with Crippen LogP contribution in [0.5, 0.6) is 0 Å². The van der Waals surface area contributed by atoms with Gasteiger partial charge in [0.05, 0.1) is 0 Å². The van der Waals surface area contributed by atoms with Gasteiger partial charge < -0.3 is 37.7 Å². The van der Waals surface area contributed by atoms with E-state index in [0.717, 1.165) is 25.7 Å². The van der Waals surface area contributed by atoms with E-state index in [1.54, 1.807) is 0 Å². The third-order valence-electron chi connectivity index (χ3n) is 2.34. The van der Waals surface area contributed by atoms with Gasteiger partial charge in [0.1, 0.15) is 0 Å². The van der Waals surface area contributed by atoms with Crippen LogP contribution < -0.4 is 24.8 Å². The fourth-order valence-electron chi connectivity index (χ4n) is 1.36. The molecule has 4 rings (SSSR count). The van der Waals surface area contributed by atoms with Gasteiger partial charge in [-0.1, -0.05) is 0 Å². The first kappa shape index (κ1) is 44.0. The van der Waals surface area contributed by atoms with Gasteiger partial charge in [0, 0.05) is 0 Å². The van der Waals surface area contributed by atoms with Gasteiger partial charge in [0.25, 0.3) is 0 Å². The van der Waals surface area contributed by atoms with E-state index in [0.29, 0.717) is 0 Å².